The Morgan fingerprint density at radius 3 is 3.05 bits per heavy atom. The summed E-state index contributed by atoms with van der Waals surface area (Å²) < 4.78 is 10.8. The van der Waals surface area contributed by atoms with E-state index in [9.17, 15) is 5.11 Å². The van der Waals surface area contributed by atoms with Crippen molar-refractivity contribution in [3.63, 3.8) is 0 Å². The first-order valence-electron chi connectivity index (χ1n) is 7.08. The highest BCUT2D eigenvalue weighted by Gasteiger charge is 2.23. The predicted octanol–water partition coefficient (Wildman–Crippen LogP) is 2.67. The zero-order valence-corrected chi connectivity index (χ0v) is 12.0. The lowest BCUT2D eigenvalue weighted by molar-refractivity contribution is 0.311. The zero-order chi connectivity index (χ0) is 14.7. The maximum Gasteiger partial charge on any atom is 0.127 e. The van der Waals surface area contributed by atoms with Crippen LogP contribution in [0.2, 0.25) is 0 Å². The van der Waals surface area contributed by atoms with E-state index in [4.69, 9.17) is 9.47 Å². The maximum atomic E-state index is 9.44. The van der Waals surface area contributed by atoms with Crippen molar-refractivity contribution in [2.75, 3.05) is 20.3 Å². The van der Waals surface area contributed by atoms with Gasteiger partial charge in [0.1, 0.15) is 23.9 Å². The van der Waals surface area contributed by atoms with Crippen LogP contribution in [0, 0.1) is 0 Å². The Morgan fingerprint density at radius 2 is 2.19 bits per heavy atom. The number of hydrogen-bond acceptors (Lipinski definition) is 4. The molecule has 4 nitrogen and oxygen atoms in total. The number of ether oxygens (including phenoxy) is 2. The summed E-state index contributed by atoms with van der Waals surface area (Å²) in [5, 5.41) is 12.9. The van der Waals surface area contributed by atoms with Gasteiger partial charge in [0, 0.05) is 11.6 Å². The van der Waals surface area contributed by atoms with Gasteiger partial charge in [0.25, 0.3) is 0 Å². The van der Waals surface area contributed by atoms with Crippen LogP contribution in [-0.4, -0.2) is 25.4 Å². The minimum Gasteiger partial charge on any atom is -0.508 e. The summed E-state index contributed by atoms with van der Waals surface area (Å²) in [5.41, 5.74) is 2.35. The molecule has 3 rings (SSSR count). The Balaban J connectivity index is 1.57. The topological polar surface area (TPSA) is 50.7 Å². The Morgan fingerprint density at radius 1 is 1.29 bits per heavy atom. The molecule has 1 aliphatic rings. The number of phenolic OH excluding ortho intramolecular Hbond substituents is 1. The molecule has 0 amide bonds. The number of fused-ring (bicyclic) bond motifs is 1. The molecule has 0 fully saturated rings. The zero-order valence-electron chi connectivity index (χ0n) is 12.0. The Kier molecular flexibility index (Phi) is 3.97. The SMILES string of the molecule is COc1cccc(CCNC2COc3cc(O)ccc32)c1. The van der Waals surface area contributed by atoms with E-state index in [1.165, 1.54) is 5.56 Å². The maximum absolute atomic E-state index is 9.44. The van der Waals surface area contributed by atoms with E-state index in [1.54, 1.807) is 19.2 Å². The van der Waals surface area contributed by atoms with Crippen LogP contribution in [0.25, 0.3) is 0 Å². The first-order valence-corrected chi connectivity index (χ1v) is 7.08. The van der Waals surface area contributed by atoms with Crippen LogP contribution in [-0.2, 0) is 6.42 Å². The molecule has 1 heterocycles. The molecule has 0 aliphatic carbocycles. The van der Waals surface area contributed by atoms with Gasteiger partial charge < -0.3 is 19.9 Å². The van der Waals surface area contributed by atoms with Crippen LogP contribution < -0.4 is 14.8 Å². The molecule has 4 heteroatoms. The van der Waals surface area contributed by atoms with Crippen LogP contribution in [0.15, 0.2) is 42.5 Å². The number of phenols is 1. The molecule has 0 saturated heterocycles. The van der Waals surface area contributed by atoms with Gasteiger partial charge in [-0.3, -0.25) is 0 Å². The lowest BCUT2D eigenvalue weighted by atomic mass is 10.1. The van der Waals surface area contributed by atoms with Crippen molar-refractivity contribution in [2.24, 2.45) is 0 Å². The second-order valence-electron chi connectivity index (χ2n) is 5.14. The standard InChI is InChI=1S/C17H19NO3/c1-20-14-4-2-3-12(9-14)7-8-18-16-11-21-17-10-13(19)5-6-15(16)17/h2-6,9-10,16,18-19H,7-8,11H2,1H3. The normalized spacial score (nSPS) is 16.3. The van der Waals surface area contributed by atoms with Crippen LogP contribution in [0.3, 0.4) is 0 Å². The lowest BCUT2D eigenvalue weighted by Crippen LogP contribution is -2.24. The van der Waals surface area contributed by atoms with E-state index in [1.807, 2.05) is 18.2 Å². The predicted molar refractivity (Wildman–Crippen MR) is 81.0 cm³/mol. The van der Waals surface area contributed by atoms with Gasteiger partial charge in [0.2, 0.25) is 0 Å². The summed E-state index contributed by atoms with van der Waals surface area (Å²) in [7, 11) is 1.68. The number of aromatic hydroxyl groups is 1. The molecule has 1 unspecified atom stereocenters. The van der Waals surface area contributed by atoms with Gasteiger partial charge in [-0.05, 0) is 42.8 Å². The highest BCUT2D eigenvalue weighted by Crippen LogP contribution is 2.34. The van der Waals surface area contributed by atoms with Gasteiger partial charge in [-0.15, -0.1) is 0 Å². The van der Waals surface area contributed by atoms with Crippen molar-refractivity contribution in [3.8, 4) is 17.2 Å². The fourth-order valence-corrected chi connectivity index (χ4v) is 2.59. The molecule has 0 saturated carbocycles. The summed E-state index contributed by atoms with van der Waals surface area (Å²) in [4.78, 5) is 0. The molecule has 21 heavy (non-hydrogen) atoms. The van der Waals surface area contributed by atoms with Gasteiger partial charge >= 0.3 is 0 Å². The molecule has 0 radical (unpaired) electrons. The summed E-state index contributed by atoms with van der Waals surface area (Å²) in [6, 6.07) is 13.6. The third kappa shape index (κ3) is 3.11. The average Bonchev–Trinajstić information content (AvgIpc) is 2.90. The monoisotopic (exact) mass is 285 g/mol. The van der Waals surface area contributed by atoms with Crippen LogP contribution >= 0.6 is 0 Å². The second-order valence-corrected chi connectivity index (χ2v) is 5.14. The number of nitrogens with one attached hydrogen (secondary N) is 1. The molecule has 1 aliphatic heterocycles. The summed E-state index contributed by atoms with van der Waals surface area (Å²) in [6.45, 7) is 1.47. The first-order chi connectivity index (χ1) is 10.3. The minimum absolute atomic E-state index is 0.186. The smallest absolute Gasteiger partial charge is 0.127 e. The first kappa shape index (κ1) is 13.8. The molecular weight excluding hydrogens is 266 g/mol. The highest BCUT2D eigenvalue weighted by atomic mass is 16.5. The van der Waals surface area contributed by atoms with E-state index in [0.29, 0.717) is 6.61 Å². The van der Waals surface area contributed by atoms with Gasteiger partial charge in [0.05, 0.1) is 13.2 Å². The van der Waals surface area contributed by atoms with Crippen molar-refractivity contribution in [3.05, 3.63) is 53.6 Å². The van der Waals surface area contributed by atoms with Gasteiger partial charge in [-0.25, -0.2) is 0 Å². The molecule has 110 valence electrons. The van der Waals surface area contributed by atoms with Gasteiger partial charge in [-0.2, -0.15) is 0 Å². The van der Waals surface area contributed by atoms with E-state index < -0.39 is 0 Å². The second kappa shape index (κ2) is 6.06. The van der Waals surface area contributed by atoms with E-state index in [2.05, 4.69) is 17.4 Å². The van der Waals surface area contributed by atoms with Crippen LogP contribution in [0.1, 0.15) is 17.2 Å². The molecule has 2 aromatic carbocycles. The molecule has 0 spiro atoms. The third-order valence-corrected chi connectivity index (χ3v) is 3.72. The van der Waals surface area contributed by atoms with Crippen molar-refractivity contribution in [1.29, 1.82) is 0 Å². The molecule has 1 atom stereocenters. The van der Waals surface area contributed by atoms with E-state index >= 15 is 0 Å². The van der Waals surface area contributed by atoms with Crippen molar-refractivity contribution < 1.29 is 14.6 Å². The number of rotatable bonds is 5. The molecule has 2 N–H and O–H groups in total. The molecule has 0 aromatic heterocycles. The molecule has 2 aromatic rings. The van der Waals surface area contributed by atoms with Crippen molar-refractivity contribution in [1.82, 2.24) is 5.32 Å². The quantitative estimate of drug-likeness (QED) is 0.887. The van der Waals surface area contributed by atoms with Crippen molar-refractivity contribution in [2.45, 2.75) is 12.5 Å². The molecular formula is C17H19NO3. The third-order valence-electron chi connectivity index (χ3n) is 3.72. The van der Waals surface area contributed by atoms with E-state index in [-0.39, 0.29) is 11.8 Å². The minimum atomic E-state index is 0.186. The Labute approximate surface area is 124 Å². The Hall–Kier alpha value is -2.20. The van der Waals surface area contributed by atoms with Gasteiger partial charge in [-0.1, -0.05) is 12.1 Å². The van der Waals surface area contributed by atoms with Crippen molar-refractivity contribution >= 4 is 0 Å². The lowest BCUT2D eigenvalue weighted by Gasteiger charge is -2.12. The molecule has 0 bridgehead atoms. The number of benzene rings is 2. The summed E-state index contributed by atoms with van der Waals surface area (Å²) in [6.07, 6.45) is 0.932. The Bertz CT molecular complexity index is 627. The summed E-state index contributed by atoms with van der Waals surface area (Å²) >= 11 is 0. The number of hydrogen-bond donors (Lipinski definition) is 2. The van der Waals surface area contributed by atoms with Crippen LogP contribution in [0.5, 0.6) is 17.2 Å². The largest absolute Gasteiger partial charge is 0.508 e. The summed E-state index contributed by atoms with van der Waals surface area (Å²) in [5.74, 6) is 1.90. The fourth-order valence-electron chi connectivity index (χ4n) is 2.59. The fraction of sp³-hybridized carbons (Fsp3) is 0.294. The number of methoxy groups -OCH3 is 1. The van der Waals surface area contributed by atoms with Gasteiger partial charge in [0.15, 0.2) is 0 Å². The average molecular weight is 285 g/mol. The van der Waals surface area contributed by atoms with E-state index in [0.717, 1.165) is 30.0 Å². The highest BCUT2D eigenvalue weighted by molar-refractivity contribution is 5.44. The van der Waals surface area contributed by atoms with Crippen LogP contribution in [0.4, 0.5) is 0 Å².